The molecule has 0 spiro atoms. The van der Waals surface area contributed by atoms with E-state index in [-0.39, 0.29) is 23.3 Å². The highest BCUT2D eigenvalue weighted by atomic mass is 19.2. The molecule has 39 heavy (non-hydrogen) atoms. The van der Waals surface area contributed by atoms with Gasteiger partial charge in [-0.1, -0.05) is 18.6 Å². The number of alkyl halides is 1. The van der Waals surface area contributed by atoms with Crippen molar-refractivity contribution in [1.82, 2.24) is 15.2 Å². The number of halogens is 1. The number of fused-ring (bicyclic) bond motifs is 1. The van der Waals surface area contributed by atoms with Crippen LogP contribution in [-0.2, 0) is 6.54 Å². The van der Waals surface area contributed by atoms with E-state index in [9.17, 15) is 14.0 Å². The number of anilines is 2. The number of nitrogens with one attached hydrogen (secondary N) is 3. The molecule has 5 rings (SSSR count). The Kier molecular flexibility index (Phi) is 8.52. The number of para-hydroxylation sites is 1. The predicted molar refractivity (Wildman–Crippen MR) is 146 cm³/mol. The van der Waals surface area contributed by atoms with Crippen molar-refractivity contribution in [3.63, 3.8) is 0 Å². The van der Waals surface area contributed by atoms with Crippen LogP contribution in [-0.4, -0.2) is 54.4 Å². The largest absolute Gasteiger partial charge is 0.425 e. The molecule has 2 aliphatic heterocycles. The zero-order chi connectivity index (χ0) is 27.0. The van der Waals surface area contributed by atoms with Gasteiger partial charge in [0.1, 0.15) is 5.69 Å². The summed E-state index contributed by atoms with van der Waals surface area (Å²) >= 11 is 0. The van der Waals surface area contributed by atoms with Crippen LogP contribution in [0.15, 0.2) is 60.8 Å². The van der Waals surface area contributed by atoms with E-state index in [4.69, 9.17) is 9.47 Å². The lowest BCUT2D eigenvalue weighted by Crippen LogP contribution is -2.33. The molecular formula is C29H32FN5O4. The van der Waals surface area contributed by atoms with Crippen LogP contribution in [0.3, 0.4) is 0 Å². The van der Waals surface area contributed by atoms with Crippen molar-refractivity contribution in [3.05, 3.63) is 77.6 Å². The number of carbonyl (C=O) groups is 2. The molecule has 0 radical (unpaired) electrons. The number of hydrogen-bond acceptors (Lipinski definition) is 7. The number of nitrogens with zero attached hydrogens (tertiary/aromatic N) is 2. The van der Waals surface area contributed by atoms with Crippen molar-refractivity contribution in [3.8, 4) is 11.5 Å². The fourth-order valence-electron chi connectivity index (χ4n) is 4.72. The van der Waals surface area contributed by atoms with Crippen molar-refractivity contribution in [1.29, 1.82) is 0 Å². The highest BCUT2D eigenvalue weighted by molar-refractivity contribution is 6.08. The average Bonchev–Trinajstić information content (AvgIpc) is 3.34. The maximum Gasteiger partial charge on any atom is 0.397 e. The highest BCUT2D eigenvalue weighted by Gasteiger charge is 2.24. The van der Waals surface area contributed by atoms with Crippen molar-refractivity contribution in [2.75, 3.05) is 36.8 Å². The number of ether oxygens (including phenoxy) is 2. The fourth-order valence-corrected chi connectivity index (χ4v) is 4.72. The van der Waals surface area contributed by atoms with Crippen molar-refractivity contribution in [2.45, 2.75) is 38.8 Å². The van der Waals surface area contributed by atoms with E-state index in [1.54, 1.807) is 42.6 Å². The predicted octanol–water partition coefficient (Wildman–Crippen LogP) is 4.58. The minimum Gasteiger partial charge on any atom is -0.425 e. The number of aromatic nitrogens is 1. The molecule has 3 heterocycles. The maximum atomic E-state index is 13.3. The van der Waals surface area contributed by atoms with E-state index >= 15 is 0 Å². The molecule has 2 amide bonds. The van der Waals surface area contributed by atoms with E-state index in [2.05, 4.69) is 25.8 Å². The Morgan fingerprint density at radius 3 is 2.67 bits per heavy atom. The monoisotopic (exact) mass is 533 g/mol. The first-order valence-electron chi connectivity index (χ1n) is 13.3. The van der Waals surface area contributed by atoms with Crippen molar-refractivity contribution >= 4 is 23.2 Å². The van der Waals surface area contributed by atoms with Crippen LogP contribution < -0.4 is 25.4 Å². The highest BCUT2D eigenvalue weighted by Crippen LogP contribution is 2.37. The molecule has 204 valence electrons. The normalized spacial score (nSPS) is 16.5. The minimum absolute atomic E-state index is 0.196. The number of pyridine rings is 1. The number of rotatable bonds is 10. The lowest BCUT2D eigenvalue weighted by Gasteiger charge is -2.26. The van der Waals surface area contributed by atoms with Gasteiger partial charge in [0.25, 0.3) is 11.8 Å². The third kappa shape index (κ3) is 7.02. The fraction of sp³-hybridized carbons (Fsp3) is 0.345. The summed E-state index contributed by atoms with van der Waals surface area (Å²) in [6.45, 7) is 2.45. The first-order chi connectivity index (χ1) is 19.0. The second-order valence-electron chi connectivity index (χ2n) is 9.59. The quantitative estimate of drug-likeness (QED) is 0.328. The molecule has 3 aromatic rings. The number of amides is 2. The summed E-state index contributed by atoms with van der Waals surface area (Å²) in [6, 6.07) is 15.4. The van der Waals surface area contributed by atoms with E-state index in [1.807, 2.05) is 12.1 Å². The molecule has 2 aliphatic rings. The van der Waals surface area contributed by atoms with Gasteiger partial charge in [-0.25, -0.2) is 0 Å². The minimum atomic E-state index is -1.85. The molecule has 0 saturated carbocycles. The summed E-state index contributed by atoms with van der Waals surface area (Å²) in [6.07, 6.45) is 6.35. The molecule has 9 nitrogen and oxygen atoms in total. The maximum absolute atomic E-state index is 13.3. The lowest BCUT2D eigenvalue weighted by molar-refractivity contribution is -0.0652. The van der Waals surface area contributed by atoms with Gasteiger partial charge in [-0.05, 0) is 80.9 Å². The summed E-state index contributed by atoms with van der Waals surface area (Å²) in [5.41, 5.74) is 2.72. The molecule has 2 aromatic carbocycles. The van der Waals surface area contributed by atoms with Crippen LogP contribution in [0.1, 0.15) is 52.1 Å². The SMILES string of the molecule is O=C(NCCCN1CCCCC1)c1cc(CNc2ccccc2C(=O)Nc2ccc3c(c2)OC(F)O3)ccn1. The Labute approximate surface area is 226 Å². The van der Waals surface area contributed by atoms with Gasteiger partial charge < -0.3 is 30.3 Å². The van der Waals surface area contributed by atoms with E-state index in [1.165, 1.54) is 25.3 Å². The summed E-state index contributed by atoms with van der Waals surface area (Å²) < 4.78 is 23.1. The van der Waals surface area contributed by atoms with Crippen LogP contribution in [0, 0.1) is 0 Å². The molecule has 1 aromatic heterocycles. The number of piperidine rings is 1. The Bertz CT molecular complexity index is 1310. The second kappa shape index (κ2) is 12.6. The third-order valence-electron chi connectivity index (χ3n) is 6.74. The zero-order valence-electron chi connectivity index (χ0n) is 21.6. The zero-order valence-corrected chi connectivity index (χ0v) is 21.6. The second-order valence-corrected chi connectivity index (χ2v) is 9.59. The van der Waals surface area contributed by atoms with E-state index in [0.717, 1.165) is 31.6 Å². The average molecular weight is 534 g/mol. The van der Waals surface area contributed by atoms with Crippen molar-refractivity contribution < 1.29 is 23.5 Å². The standard InChI is InChI=1S/C29H32FN5O4/c30-29-38-25-10-9-21(18-26(25)39-29)34-27(36)22-7-2-3-8-23(22)33-19-20-11-13-31-24(17-20)28(37)32-12-6-16-35-14-4-1-5-15-35/h2-3,7-11,13,17-18,29,33H,1,4-6,12,14-16,19H2,(H,32,37)(H,34,36). The topological polar surface area (TPSA) is 105 Å². The van der Waals surface area contributed by atoms with E-state index < -0.39 is 6.54 Å². The van der Waals surface area contributed by atoms with Crippen LogP contribution in [0.4, 0.5) is 15.8 Å². The Hall–Kier alpha value is -4.18. The lowest BCUT2D eigenvalue weighted by atomic mass is 10.1. The Balaban J connectivity index is 1.14. The van der Waals surface area contributed by atoms with E-state index in [0.29, 0.717) is 35.7 Å². The number of hydrogen-bond donors (Lipinski definition) is 3. The van der Waals surface area contributed by atoms with Crippen LogP contribution in [0.2, 0.25) is 0 Å². The van der Waals surface area contributed by atoms with Gasteiger partial charge in [0.2, 0.25) is 0 Å². The summed E-state index contributed by atoms with van der Waals surface area (Å²) in [5.74, 6) is -0.0251. The Morgan fingerprint density at radius 1 is 0.974 bits per heavy atom. The first kappa shape index (κ1) is 26.4. The van der Waals surface area contributed by atoms with Crippen LogP contribution >= 0.6 is 0 Å². The molecule has 3 N–H and O–H groups in total. The van der Waals surface area contributed by atoms with Crippen molar-refractivity contribution in [2.24, 2.45) is 0 Å². The molecule has 1 unspecified atom stereocenters. The van der Waals surface area contributed by atoms with Gasteiger partial charge in [-0.3, -0.25) is 14.6 Å². The smallest absolute Gasteiger partial charge is 0.397 e. The number of carbonyl (C=O) groups excluding carboxylic acids is 2. The van der Waals surface area contributed by atoms with Gasteiger partial charge in [-0.2, -0.15) is 4.39 Å². The molecule has 1 atom stereocenters. The summed E-state index contributed by atoms with van der Waals surface area (Å²) in [5, 5.41) is 9.05. The van der Waals surface area contributed by atoms with Crippen LogP contribution in [0.25, 0.3) is 0 Å². The Morgan fingerprint density at radius 2 is 1.79 bits per heavy atom. The van der Waals surface area contributed by atoms with Gasteiger partial charge in [0, 0.05) is 36.7 Å². The molecule has 0 aliphatic carbocycles. The third-order valence-corrected chi connectivity index (χ3v) is 6.74. The molecular weight excluding hydrogens is 501 g/mol. The molecule has 1 fully saturated rings. The summed E-state index contributed by atoms with van der Waals surface area (Å²) in [7, 11) is 0. The molecule has 0 bridgehead atoms. The van der Waals surface area contributed by atoms with Gasteiger partial charge >= 0.3 is 6.54 Å². The molecule has 1 saturated heterocycles. The van der Waals surface area contributed by atoms with Gasteiger partial charge in [-0.15, -0.1) is 0 Å². The number of benzene rings is 2. The van der Waals surface area contributed by atoms with Gasteiger partial charge in [0.05, 0.1) is 5.56 Å². The van der Waals surface area contributed by atoms with Gasteiger partial charge in [0.15, 0.2) is 11.5 Å². The summed E-state index contributed by atoms with van der Waals surface area (Å²) in [4.78, 5) is 32.3. The number of likely N-dealkylation sites (tertiary alicyclic amines) is 1. The first-order valence-corrected chi connectivity index (χ1v) is 13.3. The van der Waals surface area contributed by atoms with Crippen LogP contribution in [0.5, 0.6) is 11.5 Å². The molecule has 10 heteroatoms.